The van der Waals surface area contributed by atoms with Gasteiger partial charge in [0.15, 0.2) is 0 Å². The number of carbonyl (C=O) groups is 1. The second-order valence-corrected chi connectivity index (χ2v) is 8.32. The van der Waals surface area contributed by atoms with Gasteiger partial charge < -0.3 is 10.3 Å². The molecule has 0 radical (unpaired) electrons. The van der Waals surface area contributed by atoms with Crippen LogP contribution in [0.3, 0.4) is 0 Å². The second-order valence-electron chi connectivity index (χ2n) is 8.32. The Labute approximate surface area is 205 Å². The molecule has 174 valence electrons. The molecule has 5 heterocycles. The van der Waals surface area contributed by atoms with E-state index in [-0.39, 0.29) is 11.4 Å². The number of carbonyl (C=O) groups excluding carboxylic acids is 1. The molecule has 0 atom stereocenters. The predicted octanol–water partition coefficient (Wildman–Crippen LogP) is 5.30. The van der Waals surface area contributed by atoms with Crippen LogP contribution in [0.25, 0.3) is 44.2 Å². The van der Waals surface area contributed by atoms with Crippen LogP contribution in [0.4, 0.5) is 4.39 Å². The standard InChI is InChI=1S/C28H19FN6O/c29-25-11-19(9-22-21(5-8-32-26(22)25)18-4-2-7-31-14-18)24-16-34-27-23(24)10-20(15-33-27)28(36)35-13-17-3-1-6-30-12-17/h1-12,14-16H,13H2,(H,33,34)(H,35,36). The maximum Gasteiger partial charge on any atom is 0.253 e. The summed E-state index contributed by atoms with van der Waals surface area (Å²) in [6, 6.07) is 14.5. The van der Waals surface area contributed by atoms with Gasteiger partial charge in [0, 0.05) is 71.8 Å². The van der Waals surface area contributed by atoms with Crippen molar-refractivity contribution in [1.82, 2.24) is 30.2 Å². The van der Waals surface area contributed by atoms with Crippen molar-refractivity contribution in [2.45, 2.75) is 6.54 Å². The molecule has 8 heteroatoms. The van der Waals surface area contributed by atoms with E-state index in [0.29, 0.717) is 28.7 Å². The fourth-order valence-electron chi connectivity index (χ4n) is 4.29. The number of nitrogens with zero attached hydrogens (tertiary/aromatic N) is 4. The Morgan fingerprint density at radius 1 is 0.861 bits per heavy atom. The highest BCUT2D eigenvalue weighted by Crippen LogP contribution is 2.35. The van der Waals surface area contributed by atoms with E-state index in [1.54, 1.807) is 43.2 Å². The minimum absolute atomic E-state index is 0.256. The summed E-state index contributed by atoms with van der Waals surface area (Å²) in [7, 11) is 0. The van der Waals surface area contributed by atoms with E-state index < -0.39 is 5.82 Å². The molecule has 6 aromatic rings. The van der Waals surface area contributed by atoms with E-state index in [1.165, 1.54) is 12.3 Å². The van der Waals surface area contributed by atoms with E-state index in [9.17, 15) is 4.79 Å². The third kappa shape index (κ3) is 3.94. The number of halogens is 1. The van der Waals surface area contributed by atoms with Crippen molar-refractivity contribution >= 4 is 27.8 Å². The zero-order valence-electron chi connectivity index (χ0n) is 18.9. The summed E-state index contributed by atoms with van der Waals surface area (Å²) in [5.41, 5.74) is 5.29. The van der Waals surface area contributed by atoms with E-state index in [1.807, 2.05) is 36.4 Å². The van der Waals surface area contributed by atoms with Crippen LogP contribution >= 0.6 is 0 Å². The fourth-order valence-corrected chi connectivity index (χ4v) is 4.29. The molecule has 1 aromatic carbocycles. The Morgan fingerprint density at radius 2 is 1.72 bits per heavy atom. The molecule has 5 aromatic heterocycles. The number of pyridine rings is 4. The Kier molecular flexibility index (Phi) is 5.38. The maximum atomic E-state index is 15.2. The molecule has 0 saturated heterocycles. The molecule has 0 aliphatic carbocycles. The Bertz CT molecular complexity index is 1720. The number of hydrogen-bond donors (Lipinski definition) is 2. The van der Waals surface area contributed by atoms with Gasteiger partial charge in [-0.1, -0.05) is 12.1 Å². The molecule has 0 bridgehead atoms. The summed E-state index contributed by atoms with van der Waals surface area (Å²) in [4.78, 5) is 32.9. The monoisotopic (exact) mass is 474 g/mol. The van der Waals surface area contributed by atoms with E-state index in [0.717, 1.165) is 27.6 Å². The summed E-state index contributed by atoms with van der Waals surface area (Å²) in [6.45, 7) is 0.352. The Balaban J connectivity index is 1.40. The van der Waals surface area contributed by atoms with E-state index in [2.05, 4.69) is 30.2 Å². The van der Waals surface area contributed by atoms with Gasteiger partial charge in [-0.05, 0) is 53.1 Å². The molecule has 0 saturated carbocycles. The van der Waals surface area contributed by atoms with Crippen LogP contribution < -0.4 is 5.32 Å². The fraction of sp³-hybridized carbons (Fsp3) is 0.0357. The van der Waals surface area contributed by atoms with Crippen LogP contribution in [0.15, 0.2) is 91.9 Å². The molecular weight excluding hydrogens is 455 g/mol. The van der Waals surface area contributed by atoms with Crippen molar-refractivity contribution in [3.05, 3.63) is 109 Å². The Morgan fingerprint density at radius 3 is 2.53 bits per heavy atom. The van der Waals surface area contributed by atoms with E-state index in [4.69, 9.17) is 0 Å². The number of benzene rings is 1. The van der Waals surface area contributed by atoms with Crippen LogP contribution in [0.5, 0.6) is 0 Å². The summed E-state index contributed by atoms with van der Waals surface area (Å²) in [6.07, 6.45) is 11.7. The highest BCUT2D eigenvalue weighted by atomic mass is 19.1. The molecule has 0 unspecified atom stereocenters. The van der Waals surface area contributed by atoms with Crippen LogP contribution in [-0.2, 0) is 6.54 Å². The molecule has 0 spiro atoms. The molecule has 0 aliphatic heterocycles. The molecule has 6 rings (SSSR count). The Hall–Kier alpha value is -4.98. The number of amides is 1. The van der Waals surface area contributed by atoms with Crippen LogP contribution in [0, 0.1) is 5.82 Å². The lowest BCUT2D eigenvalue weighted by atomic mass is 9.97. The van der Waals surface area contributed by atoms with Gasteiger partial charge in [0.05, 0.1) is 5.56 Å². The molecule has 0 aliphatic rings. The number of H-pyrrole nitrogens is 1. The number of rotatable bonds is 5. The van der Waals surface area contributed by atoms with Gasteiger partial charge in [0.25, 0.3) is 5.91 Å². The van der Waals surface area contributed by atoms with Crippen LogP contribution in [-0.4, -0.2) is 30.8 Å². The van der Waals surface area contributed by atoms with Gasteiger partial charge in [-0.15, -0.1) is 0 Å². The van der Waals surface area contributed by atoms with Crippen molar-refractivity contribution < 1.29 is 9.18 Å². The first kappa shape index (κ1) is 21.5. The first-order valence-electron chi connectivity index (χ1n) is 11.3. The van der Waals surface area contributed by atoms with Gasteiger partial charge in [0.1, 0.15) is 17.0 Å². The van der Waals surface area contributed by atoms with Crippen molar-refractivity contribution in [1.29, 1.82) is 0 Å². The zero-order valence-corrected chi connectivity index (χ0v) is 18.9. The third-order valence-corrected chi connectivity index (χ3v) is 6.05. The summed E-state index contributed by atoms with van der Waals surface area (Å²) in [5, 5.41) is 4.28. The van der Waals surface area contributed by atoms with Gasteiger partial charge in [-0.2, -0.15) is 0 Å². The lowest BCUT2D eigenvalue weighted by Crippen LogP contribution is -2.22. The largest absolute Gasteiger partial charge is 0.348 e. The quantitative estimate of drug-likeness (QED) is 0.353. The number of aromatic nitrogens is 5. The molecule has 36 heavy (non-hydrogen) atoms. The topological polar surface area (TPSA) is 96.5 Å². The van der Waals surface area contributed by atoms with Gasteiger partial charge >= 0.3 is 0 Å². The number of nitrogens with one attached hydrogen (secondary N) is 2. The summed E-state index contributed by atoms with van der Waals surface area (Å²) < 4.78 is 15.2. The summed E-state index contributed by atoms with van der Waals surface area (Å²) in [5.74, 6) is -0.686. The highest BCUT2D eigenvalue weighted by Gasteiger charge is 2.16. The lowest BCUT2D eigenvalue weighted by molar-refractivity contribution is 0.0950. The van der Waals surface area contributed by atoms with E-state index >= 15 is 4.39 Å². The minimum atomic E-state index is -0.430. The first-order chi connectivity index (χ1) is 17.7. The normalized spacial score (nSPS) is 11.1. The SMILES string of the molecule is O=C(NCc1cccnc1)c1cnc2[nH]cc(-c3cc(F)c4nccc(-c5cccnc5)c4c3)c2c1. The number of hydrogen-bond acceptors (Lipinski definition) is 5. The number of fused-ring (bicyclic) bond motifs is 2. The molecule has 0 fully saturated rings. The summed E-state index contributed by atoms with van der Waals surface area (Å²) >= 11 is 0. The average Bonchev–Trinajstić information content (AvgIpc) is 3.36. The molecular formula is C28H19FN6O. The number of aromatic amines is 1. The van der Waals surface area contributed by atoms with Crippen molar-refractivity contribution in [2.75, 3.05) is 0 Å². The van der Waals surface area contributed by atoms with Crippen molar-refractivity contribution in [3.8, 4) is 22.3 Å². The highest BCUT2D eigenvalue weighted by molar-refractivity contribution is 6.03. The van der Waals surface area contributed by atoms with Gasteiger partial charge in [-0.25, -0.2) is 9.37 Å². The van der Waals surface area contributed by atoms with Crippen molar-refractivity contribution in [2.24, 2.45) is 0 Å². The average molecular weight is 474 g/mol. The van der Waals surface area contributed by atoms with Crippen molar-refractivity contribution in [3.63, 3.8) is 0 Å². The van der Waals surface area contributed by atoms with Crippen LogP contribution in [0.1, 0.15) is 15.9 Å². The minimum Gasteiger partial charge on any atom is -0.348 e. The smallest absolute Gasteiger partial charge is 0.253 e. The molecule has 1 amide bonds. The first-order valence-corrected chi connectivity index (χ1v) is 11.3. The maximum absolute atomic E-state index is 15.2. The third-order valence-electron chi connectivity index (χ3n) is 6.05. The van der Waals surface area contributed by atoms with Gasteiger partial charge in [-0.3, -0.25) is 19.7 Å². The second kappa shape index (κ2) is 8.99. The van der Waals surface area contributed by atoms with Crippen LogP contribution in [0.2, 0.25) is 0 Å². The zero-order chi connectivity index (χ0) is 24.5. The molecule has 7 nitrogen and oxygen atoms in total. The molecule has 2 N–H and O–H groups in total. The van der Waals surface area contributed by atoms with Gasteiger partial charge in [0.2, 0.25) is 0 Å². The predicted molar refractivity (Wildman–Crippen MR) is 135 cm³/mol. The lowest BCUT2D eigenvalue weighted by Gasteiger charge is -2.10.